The van der Waals surface area contributed by atoms with Crippen LogP contribution in [0.1, 0.15) is 17.5 Å². The summed E-state index contributed by atoms with van der Waals surface area (Å²) in [6.45, 7) is 4.65. The Balaban J connectivity index is 1.98. The molecule has 0 atom stereocenters. The molecule has 0 saturated heterocycles. The van der Waals surface area contributed by atoms with E-state index in [2.05, 4.69) is 41.3 Å². The fraction of sp³-hybridized carbons (Fsp3) is 0.294. The Labute approximate surface area is 141 Å². The zero-order chi connectivity index (χ0) is 16.6. The summed E-state index contributed by atoms with van der Waals surface area (Å²) < 4.78 is 31.0. The first-order valence-electron chi connectivity index (χ1n) is 7.45. The van der Waals surface area contributed by atoms with E-state index in [1.807, 2.05) is 13.8 Å². The van der Waals surface area contributed by atoms with Crippen LogP contribution in [-0.2, 0) is 10.1 Å². The number of nitrogens with zero attached hydrogens (tertiary/aromatic N) is 1. The highest BCUT2D eigenvalue weighted by Crippen LogP contribution is 2.48. The molecule has 4 nitrogen and oxygen atoms in total. The maximum atomic E-state index is 11.0. The number of benzene rings is 2. The van der Waals surface area contributed by atoms with Crippen molar-refractivity contribution in [3.8, 4) is 0 Å². The summed E-state index contributed by atoms with van der Waals surface area (Å²) in [6.07, 6.45) is 0.379. The first-order valence-corrected chi connectivity index (χ1v) is 9.88. The summed E-state index contributed by atoms with van der Waals surface area (Å²) in [5.41, 5.74) is 4.53. The molecule has 3 rings (SSSR count). The molecule has 0 saturated carbocycles. The topological polar surface area (TPSA) is 57.6 Å². The lowest BCUT2D eigenvalue weighted by molar-refractivity contribution is 0.481. The molecule has 0 aromatic heterocycles. The molecule has 6 heteroatoms. The minimum Gasteiger partial charge on any atom is -0.340 e. The average molecular weight is 349 g/mol. The molecule has 2 aromatic rings. The maximum absolute atomic E-state index is 11.0. The standard InChI is InChI=1S/C17H19NO3S2/c1-12-4-6-16-14(10-12)18(8-3-9-23(19,20)21)15-11-13(2)5-7-17(15)22-16/h4-7,10-11H,3,8-9H2,1-2H3,(H,19,20,21). The van der Waals surface area contributed by atoms with Crippen molar-refractivity contribution >= 4 is 33.3 Å². The molecular formula is C17H19NO3S2. The van der Waals surface area contributed by atoms with Gasteiger partial charge in [0.2, 0.25) is 0 Å². The van der Waals surface area contributed by atoms with Crippen LogP contribution in [0.4, 0.5) is 11.4 Å². The number of rotatable bonds is 4. The second kappa shape index (κ2) is 6.19. The van der Waals surface area contributed by atoms with Crippen LogP contribution in [0, 0.1) is 13.8 Å². The molecule has 1 N–H and O–H groups in total. The predicted octanol–water partition coefficient (Wildman–Crippen LogP) is 4.18. The van der Waals surface area contributed by atoms with Gasteiger partial charge in [-0.2, -0.15) is 8.42 Å². The van der Waals surface area contributed by atoms with Crippen molar-refractivity contribution in [2.24, 2.45) is 0 Å². The number of fused-ring (bicyclic) bond motifs is 2. The molecule has 2 aromatic carbocycles. The summed E-state index contributed by atoms with van der Waals surface area (Å²) in [6, 6.07) is 12.6. The van der Waals surface area contributed by atoms with Gasteiger partial charge in [-0.25, -0.2) is 0 Å². The van der Waals surface area contributed by atoms with Crippen LogP contribution in [0.15, 0.2) is 46.2 Å². The molecule has 0 radical (unpaired) electrons. The van der Waals surface area contributed by atoms with E-state index in [1.165, 1.54) is 20.9 Å². The quantitative estimate of drug-likeness (QED) is 0.839. The van der Waals surface area contributed by atoms with Gasteiger partial charge < -0.3 is 4.90 Å². The minimum absolute atomic E-state index is 0.223. The molecule has 0 aliphatic carbocycles. The van der Waals surface area contributed by atoms with Gasteiger partial charge in [-0.3, -0.25) is 4.55 Å². The Bertz CT molecular complexity index is 795. The van der Waals surface area contributed by atoms with Crippen LogP contribution < -0.4 is 4.90 Å². The van der Waals surface area contributed by atoms with E-state index in [-0.39, 0.29) is 5.75 Å². The normalized spacial score (nSPS) is 13.6. The lowest BCUT2D eigenvalue weighted by Crippen LogP contribution is -2.24. The Morgan fingerprint density at radius 2 is 1.52 bits per heavy atom. The van der Waals surface area contributed by atoms with Crippen LogP contribution in [0.5, 0.6) is 0 Å². The number of hydrogen-bond donors (Lipinski definition) is 1. The average Bonchev–Trinajstić information content (AvgIpc) is 2.46. The summed E-state index contributed by atoms with van der Waals surface area (Å²) in [4.78, 5) is 4.49. The summed E-state index contributed by atoms with van der Waals surface area (Å²) in [7, 11) is -3.93. The van der Waals surface area contributed by atoms with Gasteiger partial charge in [0.1, 0.15) is 0 Å². The monoisotopic (exact) mass is 349 g/mol. The maximum Gasteiger partial charge on any atom is 0.264 e. The van der Waals surface area contributed by atoms with E-state index in [1.54, 1.807) is 11.8 Å². The molecule has 1 aliphatic heterocycles. The van der Waals surface area contributed by atoms with Gasteiger partial charge in [0.25, 0.3) is 10.1 Å². The Morgan fingerprint density at radius 1 is 1.00 bits per heavy atom. The van der Waals surface area contributed by atoms with E-state index in [4.69, 9.17) is 4.55 Å². The number of anilines is 2. The summed E-state index contributed by atoms with van der Waals surface area (Å²) >= 11 is 1.73. The number of hydrogen-bond acceptors (Lipinski definition) is 4. The Hall–Kier alpha value is -1.50. The largest absolute Gasteiger partial charge is 0.340 e. The van der Waals surface area contributed by atoms with E-state index >= 15 is 0 Å². The van der Waals surface area contributed by atoms with Crippen molar-refractivity contribution in [1.82, 2.24) is 0 Å². The molecular weight excluding hydrogens is 330 g/mol. The molecule has 23 heavy (non-hydrogen) atoms. The lowest BCUT2D eigenvalue weighted by Gasteiger charge is -2.33. The Morgan fingerprint density at radius 3 is 2.00 bits per heavy atom. The van der Waals surface area contributed by atoms with Crippen molar-refractivity contribution in [3.05, 3.63) is 47.5 Å². The molecule has 0 fully saturated rings. The van der Waals surface area contributed by atoms with Crippen molar-refractivity contribution in [1.29, 1.82) is 0 Å². The SMILES string of the molecule is Cc1ccc2c(c1)N(CCCS(=O)(=O)O)c1cc(C)ccc1S2. The van der Waals surface area contributed by atoms with Crippen LogP contribution in [0.25, 0.3) is 0 Å². The highest BCUT2D eigenvalue weighted by atomic mass is 32.2. The second-order valence-electron chi connectivity index (χ2n) is 5.84. The molecule has 0 unspecified atom stereocenters. The van der Waals surface area contributed by atoms with Gasteiger partial charge in [-0.05, 0) is 55.7 Å². The zero-order valence-electron chi connectivity index (χ0n) is 13.1. The molecule has 0 spiro atoms. The van der Waals surface area contributed by atoms with Crippen LogP contribution in [0.3, 0.4) is 0 Å². The van der Waals surface area contributed by atoms with Gasteiger partial charge in [0.15, 0.2) is 0 Å². The van der Waals surface area contributed by atoms with Crippen molar-refractivity contribution in [3.63, 3.8) is 0 Å². The van der Waals surface area contributed by atoms with Crippen LogP contribution >= 0.6 is 11.8 Å². The van der Waals surface area contributed by atoms with E-state index in [9.17, 15) is 8.42 Å². The fourth-order valence-corrected chi connectivity index (χ4v) is 4.29. The third-order valence-corrected chi connectivity index (χ3v) is 5.75. The van der Waals surface area contributed by atoms with Gasteiger partial charge in [0.05, 0.1) is 17.1 Å². The Kier molecular flexibility index (Phi) is 4.40. The smallest absolute Gasteiger partial charge is 0.264 e. The van der Waals surface area contributed by atoms with Crippen LogP contribution in [-0.4, -0.2) is 25.3 Å². The predicted molar refractivity (Wildman–Crippen MR) is 94.5 cm³/mol. The van der Waals surface area contributed by atoms with Crippen molar-refractivity contribution in [2.45, 2.75) is 30.1 Å². The zero-order valence-corrected chi connectivity index (χ0v) is 14.7. The molecule has 1 aliphatic rings. The van der Waals surface area contributed by atoms with Crippen LogP contribution in [0.2, 0.25) is 0 Å². The molecule has 1 heterocycles. The highest BCUT2D eigenvalue weighted by Gasteiger charge is 2.23. The van der Waals surface area contributed by atoms with Gasteiger partial charge in [-0.1, -0.05) is 23.9 Å². The first kappa shape index (κ1) is 16.4. The van der Waals surface area contributed by atoms with Gasteiger partial charge in [0, 0.05) is 16.3 Å². The number of aryl methyl sites for hydroxylation is 2. The molecule has 0 amide bonds. The van der Waals surface area contributed by atoms with Crippen molar-refractivity contribution in [2.75, 3.05) is 17.2 Å². The third kappa shape index (κ3) is 3.71. The molecule has 0 bridgehead atoms. The third-order valence-electron chi connectivity index (χ3n) is 3.81. The van der Waals surface area contributed by atoms with E-state index < -0.39 is 10.1 Å². The van der Waals surface area contributed by atoms with Gasteiger partial charge in [-0.15, -0.1) is 0 Å². The van der Waals surface area contributed by atoms with E-state index in [0.717, 1.165) is 11.4 Å². The summed E-state index contributed by atoms with van der Waals surface area (Å²) in [5, 5.41) is 0. The highest BCUT2D eigenvalue weighted by molar-refractivity contribution is 7.99. The van der Waals surface area contributed by atoms with Gasteiger partial charge >= 0.3 is 0 Å². The first-order chi connectivity index (χ1) is 10.8. The minimum atomic E-state index is -3.93. The summed E-state index contributed by atoms with van der Waals surface area (Å²) in [5.74, 6) is -0.223. The second-order valence-corrected chi connectivity index (χ2v) is 8.49. The van der Waals surface area contributed by atoms with Crippen molar-refractivity contribution < 1.29 is 13.0 Å². The lowest BCUT2D eigenvalue weighted by atomic mass is 10.1. The van der Waals surface area contributed by atoms with E-state index in [0.29, 0.717) is 13.0 Å². The fourth-order valence-electron chi connectivity index (χ4n) is 2.74. The molecule has 122 valence electrons.